The highest BCUT2D eigenvalue weighted by molar-refractivity contribution is 6.04. The molecule has 0 aliphatic carbocycles. The highest BCUT2D eigenvalue weighted by Gasteiger charge is 2.36. The van der Waals surface area contributed by atoms with Crippen LogP contribution in [0.25, 0.3) is 0 Å². The Morgan fingerprint density at radius 1 is 1.19 bits per heavy atom. The maximum Gasteiger partial charge on any atom is 0.229 e. The number of nitrogens with zero attached hydrogens (tertiary/aromatic N) is 3. The van der Waals surface area contributed by atoms with Gasteiger partial charge >= 0.3 is 0 Å². The highest BCUT2D eigenvalue weighted by Crippen LogP contribution is 2.28. The fourth-order valence-corrected chi connectivity index (χ4v) is 3.01. The topological polar surface area (TPSA) is 76.4 Å². The van der Waals surface area contributed by atoms with Crippen LogP contribution >= 0.6 is 0 Å². The third-order valence-corrected chi connectivity index (χ3v) is 4.46. The molecule has 1 N–H and O–H groups in total. The number of hydrogen-bond acceptors (Lipinski definition) is 4. The van der Waals surface area contributed by atoms with Gasteiger partial charge in [0.05, 0.1) is 17.2 Å². The van der Waals surface area contributed by atoms with Gasteiger partial charge in [0.1, 0.15) is 6.07 Å². The van der Waals surface area contributed by atoms with Crippen LogP contribution in [0.5, 0.6) is 0 Å². The molecule has 0 saturated carbocycles. The number of nitrogens with one attached hydrogen (secondary N) is 1. The summed E-state index contributed by atoms with van der Waals surface area (Å²) in [6.07, 6.45) is 0.140. The molecule has 0 radical (unpaired) electrons. The van der Waals surface area contributed by atoms with Crippen molar-refractivity contribution in [3.8, 4) is 6.07 Å². The predicted octanol–water partition coefficient (Wildman–Crippen LogP) is 2.62. The molecule has 1 atom stereocenters. The third-order valence-electron chi connectivity index (χ3n) is 4.46. The van der Waals surface area contributed by atoms with Gasteiger partial charge in [-0.1, -0.05) is 12.1 Å². The van der Waals surface area contributed by atoms with Crippen LogP contribution in [-0.4, -0.2) is 32.5 Å². The molecule has 6 nitrogen and oxygen atoms in total. The lowest BCUT2D eigenvalue weighted by molar-refractivity contribution is -0.122. The first kappa shape index (κ1) is 17.5. The molecular weight excluding hydrogens is 328 g/mol. The Hall–Kier alpha value is -3.33. The summed E-state index contributed by atoms with van der Waals surface area (Å²) in [5.74, 6) is -0.772. The molecule has 1 heterocycles. The summed E-state index contributed by atoms with van der Waals surface area (Å²) in [4.78, 5) is 28.4. The van der Waals surface area contributed by atoms with E-state index in [1.165, 1.54) is 4.90 Å². The van der Waals surface area contributed by atoms with E-state index >= 15 is 0 Å². The Balaban J connectivity index is 1.70. The number of benzene rings is 2. The number of carbonyl (C=O) groups is 2. The average molecular weight is 348 g/mol. The lowest BCUT2D eigenvalue weighted by Crippen LogP contribution is -2.28. The zero-order chi connectivity index (χ0) is 18.7. The first-order chi connectivity index (χ1) is 12.5. The fourth-order valence-electron chi connectivity index (χ4n) is 3.01. The van der Waals surface area contributed by atoms with Gasteiger partial charge in [-0.3, -0.25) is 9.59 Å². The van der Waals surface area contributed by atoms with Gasteiger partial charge in [-0.2, -0.15) is 5.26 Å². The number of rotatable bonds is 4. The van der Waals surface area contributed by atoms with Crippen LogP contribution in [0, 0.1) is 17.2 Å². The van der Waals surface area contributed by atoms with E-state index in [1.54, 1.807) is 24.3 Å². The summed E-state index contributed by atoms with van der Waals surface area (Å²) < 4.78 is 0. The van der Waals surface area contributed by atoms with E-state index in [4.69, 9.17) is 0 Å². The van der Waals surface area contributed by atoms with Gasteiger partial charge in [0.25, 0.3) is 0 Å². The maximum atomic E-state index is 12.5. The maximum absolute atomic E-state index is 12.5. The Bertz CT molecular complexity index is 868. The zero-order valence-corrected chi connectivity index (χ0v) is 14.8. The quantitative estimate of drug-likeness (QED) is 0.921. The molecule has 2 aromatic rings. The minimum Gasteiger partial charge on any atom is -0.378 e. The normalized spacial score (nSPS) is 16.3. The standard InChI is InChI=1S/C20H20N4O2/c1-23(2)17-9-7-16(8-10-17)22-20(26)15-11-19(25)24(13-15)18-6-4-3-5-14(18)12-21/h3-10,15H,11,13H2,1-2H3,(H,22,26). The van der Waals surface area contributed by atoms with Gasteiger partial charge in [0, 0.05) is 38.4 Å². The van der Waals surface area contributed by atoms with Crippen molar-refractivity contribution in [1.82, 2.24) is 0 Å². The van der Waals surface area contributed by atoms with Gasteiger partial charge in [-0.05, 0) is 36.4 Å². The second-order valence-corrected chi connectivity index (χ2v) is 6.46. The Kier molecular flexibility index (Phi) is 4.90. The Labute approximate surface area is 152 Å². The SMILES string of the molecule is CN(C)c1ccc(NC(=O)C2CC(=O)N(c3ccccc3C#N)C2)cc1. The van der Waals surface area contributed by atoms with Crippen LogP contribution < -0.4 is 15.1 Å². The molecule has 0 aromatic heterocycles. The molecule has 6 heteroatoms. The number of nitriles is 1. The van der Waals surface area contributed by atoms with Crippen molar-refractivity contribution >= 4 is 28.9 Å². The molecule has 1 aliphatic heterocycles. The smallest absolute Gasteiger partial charge is 0.229 e. The van der Waals surface area contributed by atoms with Crippen LogP contribution in [-0.2, 0) is 9.59 Å². The van der Waals surface area contributed by atoms with Gasteiger partial charge in [-0.25, -0.2) is 0 Å². The summed E-state index contributed by atoms with van der Waals surface area (Å²) in [5.41, 5.74) is 2.73. The third kappa shape index (κ3) is 3.52. The number of amides is 2. The average Bonchev–Trinajstić information content (AvgIpc) is 3.04. The van der Waals surface area contributed by atoms with Crippen molar-refractivity contribution in [2.24, 2.45) is 5.92 Å². The van der Waals surface area contributed by atoms with E-state index in [0.29, 0.717) is 16.9 Å². The van der Waals surface area contributed by atoms with Crippen LogP contribution in [0.3, 0.4) is 0 Å². The molecule has 1 unspecified atom stereocenters. The molecule has 0 bridgehead atoms. The van der Waals surface area contributed by atoms with E-state index in [9.17, 15) is 14.9 Å². The number of para-hydroxylation sites is 1. The molecule has 0 spiro atoms. The van der Waals surface area contributed by atoms with E-state index in [1.807, 2.05) is 43.3 Å². The largest absolute Gasteiger partial charge is 0.378 e. The minimum absolute atomic E-state index is 0.140. The van der Waals surface area contributed by atoms with Gasteiger partial charge in [-0.15, -0.1) is 0 Å². The summed E-state index contributed by atoms with van der Waals surface area (Å²) in [5, 5.41) is 12.1. The van der Waals surface area contributed by atoms with Crippen molar-refractivity contribution in [3.05, 3.63) is 54.1 Å². The number of anilines is 3. The van der Waals surface area contributed by atoms with Crippen LogP contribution in [0.2, 0.25) is 0 Å². The molecule has 132 valence electrons. The molecule has 2 amide bonds. The van der Waals surface area contributed by atoms with Crippen molar-refractivity contribution in [2.45, 2.75) is 6.42 Å². The fraction of sp³-hybridized carbons (Fsp3) is 0.250. The van der Waals surface area contributed by atoms with Crippen molar-refractivity contribution in [1.29, 1.82) is 5.26 Å². The lowest BCUT2D eigenvalue weighted by atomic mass is 10.1. The molecule has 1 fully saturated rings. The van der Waals surface area contributed by atoms with Crippen LogP contribution in [0.15, 0.2) is 48.5 Å². The van der Waals surface area contributed by atoms with Gasteiger partial charge < -0.3 is 15.1 Å². The first-order valence-electron chi connectivity index (χ1n) is 8.37. The van der Waals surface area contributed by atoms with Crippen molar-refractivity contribution in [2.75, 3.05) is 35.8 Å². The zero-order valence-electron chi connectivity index (χ0n) is 14.8. The summed E-state index contributed by atoms with van der Waals surface area (Å²) in [6, 6.07) is 16.6. The van der Waals surface area contributed by atoms with E-state index in [0.717, 1.165) is 5.69 Å². The first-order valence-corrected chi connectivity index (χ1v) is 8.37. The summed E-state index contributed by atoms with van der Waals surface area (Å²) in [7, 11) is 3.90. The van der Waals surface area contributed by atoms with E-state index in [-0.39, 0.29) is 24.8 Å². The van der Waals surface area contributed by atoms with E-state index < -0.39 is 5.92 Å². The van der Waals surface area contributed by atoms with E-state index in [2.05, 4.69) is 11.4 Å². The lowest BCUT2D eigenvalue weighted by Gasteiger charge is -2.18. The molecule has 1 aliphatic rings. The Morgan fingerprint density at radius 2 is 1.88 bits per heavy atom. The Morgan fingerprint density at radius 3 is 2.54 bits per heavy atom. The van der Waals surface area contributed by atoms with Crippen molar-refractivity contribution in [3.63, 3.8) is 0 Å². The second kappa shape index (κ2) is 7.28. The number of hydrogen-bond donors (Lipinski definition) is 1. The predicted molar refractivity (Wildman–Crippen MR) is 101 cm³/mol. The summed E-state index contributed by atoms with van der Waals surface area (Å²) in [6.45, 7) is 0.277. The van der Waals surface area contributed by atoms with Gasteiger partial charge in [0.15, 0.2) is 0 Å². The number of carbonyl (C=O) groups excluding carboxylic acids is 2. The molecular formula is C20H20N4O2. The molecule has 2 aromatic carbocycles. The molecule has 1 saturated heterocycles. The van der Waals surface area contributed by atoms with Crippen LogP contribution in [0.4, 0.5) is 17.1 Å². The minimum atomic E-state index is -0.442. The molecule has 3 rings (SSSR count). The van der Waals surface area contributed by atoms with Gasteiger partial charge in [0.2, 0.25) is 11.8 Å². The van der Waals surface area contributed by atoms with Crippen molar-refractivity contribution < 1.29 is 9.59 Å². The molecule has 26 heavy (non-hydrogen) atoms. The summed E-state index contributed by atoms with van der Waals surface area (Å²) >= 11 is 0. The second-order valence-electron chi connectivity index (χ2n) is 6.46. The van der Waals surface area contributed by atoms with Crippen LogP contribution in [0.1, 0.15) is 12.0 Å². The highest BCUT2D eigenvalue weighted by atomic mass is 16.2. The monoisotopic (exact) mass is 348 g/mol.